The van der Waals surface area contributed by atoms with Gasteiger partial charge in [-0.3, -0.25) is 9.59 Å². The van der Waals surface area contributed by atoms with Crippen molar-refractivity contribution in [3.8, 4) is 0 Å². The van der Waals surface area contributed by atoms with Gasteiger partial charge in [0.05, 0.1) is 7.11 Å². The molecule has 92 valence electrons. The standard InChI is InChI=1S/C12H21NO3/c1-9(2)10-7-11(14)13(8-10)6-4-5-12(15)16-3/h9-10H,4-8H2,1-3H3. The second-order valence-electron chi connectivity index (χ2n) is 4.73. The number of carbonyl (C=O) groups excluding carboxylic acids is 2. The van der Waals surface area contributed by atoms with Gasteiger partial charge in [-0.15, -0.1) is 0 Å². The largest absolute Gasteiger partial charge is 0.469 e. The molecule has 16 heavy (non-hydrogen) atoms. The zero-order chi connectivity index (χ0) is 12.1. The second-order valence-corrected chi connectivity index (χ2v) is 4.73. The lowest BCUT2D eigenvalue weighted by molar-refractivity contribution is -0.141. The van der Waals surface area contributed by atoms with Gasteiger partial charge in [0, 0.05) is 25.9 Å². The van der Waals surface area contributed by atoms with Gasteiger partial charge in [0.15, 0.2) is 0 Å². The fourth-order valence-corrected chi connectivity index (χ4v) is 1.98. The average molecular weight is 227 g/mol. The number of rotatable bonds is 5. The Bertz CT molecular complexity index is 263. The summed E-state index contributed by atoms with van der Waals surface area (Å²) in [4.78, 5) is 24.4. The van der Waals surface area contributed by atoms with Gasteiger partial charge >= 0.3 is 5.97 Å². The fraction of sp³-hybridized carbons (Fsp3) is 0.833. The first-order valence-corrected chi connectivity index (χ1v) is 5.89. The van der Waals surface area contributed by atoms with Crippen molar-refractivity contribution in [2.75, 3.05) is 20.2 Å². The Hall–Kier alpha value is -1.06. The van der Waals surface area contributed by atoms with Crippen LogP contribution in [0.5, 0.6) is 0 Å². The number of hydrogen-bond acceptors (Lipinski definition) is 3. The van der Waals surface area contributed by atoms with Crippen LogP contribution in [0.2, 0.25) is 0 Å². The van der Waals surface area contributed by atoms with Gasteiger partial charge in [-0.1, -0.05) is 13.8 Å². The topological polar surface area (TPSA) is 46.6 Å². The highest BCUT2D eigenvalue weighted by atomic mass is 16.5. The van der Waals surface area contributed by atoms with Crippen molar-refractivity contribution >= 4 is 11.9 Å². The minimum atomic E-state index is -0.202. The molecule has 1 fully saturated rings. The first kappa shape index (κ1) is 13.0. The molecule has 1 aliphatic heterocycles. The number of ether oxygens (including phenoxy) is 1. The van der Waals surface area contributed by atoms with Crippen molar-refractivity contribution in [2.45, 2.75) is 33.1 Å². The van der Waals surface area contributed by atoms with Crippen LogP contribution in [-0.4, -0.2) is 37.0 Å². The average Bonchev–Trinajstić information content (AvgIpc) is 2.60. The van der Waals surface area contributed by atoms with E-state index in [0.717, 1.165) is 6.54 Å². The summed E-state index contributed by atoms with van der Waals surface area (Å²) in [6, 6.07) is 0. The molecule has 0 aromatic rings. The normalized spacial score (nSPS) is 20.6. The third-order valence-electron chi connectivity index (χ3n) is 3.22. The van der Waals surface area contributed by atoms with Crippen LogP contribution in [0, 0.1) is 11.8 Å². The lowest BCUT2D eigenvalue weighted by Gasteiger charge is -2.17. The predicted octanol–water partition coefficient (Wildman–Crippen LogP) is 1.44. The number of nitrogens with zero attached hydrogens (tertiary/aromatic N) is 1. The lowest BCUT2D eigenvalue weighted by atomic mass is 9.95. The minimum absolute atomic E-state index is 0.202. The molecule has 0 bridgehead atoms. The molecule has 4 nitrogen and oxygen atoms in total. The summed E-state index contributed by atoms with van der Waals surface area (Å²) in [6.07, 6.45) is 1.76. The summed E-state index contributed by atoms with van der Waals surface area (Å²) in [6.45, 7) is 5.82. The van der Waals surface area contributed by atoms with Crippen LogP contribution in [0.3, 0.4) is 0 Å². The number of methoxy groups -OCH3 is 1. The van der Waals surface area contributed by atoms with Crippen molar-refractivity contribution in [1.29, 1.82) is 0 Å². The molecule has 0 radical (unpaired) electrons. The van der Waals surface area contributed by atoms with E-state index in [-0.39, 0.29) is 11.9 Å². The van der Waals surface area contributed by atoms with E-state index in [2.05, 4.69) is 18.6 Å². The van der Waals surface area contributed by atoms with Crippen LogP contribution in [0.25, 0.3) is 0 Å². The van der Waals surface area contributed by atoms with Crippen molar-refractivity contribution in [3.63, 3.8) is 0 Å². The van der Waals surface area contributed by atoms with E-state index >= 15 is 0 Å². The maximum Gasteiger partial charge on any atom is 0.305 e. The number of likely N-dealkylation sites (tertiary alicyclic amines) is 1. The van der Waals surface area contributed by atoms with Gasteiger partial charge in [0.1, 0.15) is 0 Å². The van der Waals surface area contributed by atoms with Crippen LogP contribution in [0.1, 0.15) is 33.1 Å². The summed E-state index contributed by atoms with van der Waals surface area (Å²) in [5.41, 5.74) is 0. The van der Waals surface area contributed by atoms with Crippen LogP contribution >= 0.6 is 0 Å². The summed E-state index contributed by atoms with van der Waals surface area (Å²) in [5.74, 6) is 1.05. The van der Waals surface area contributed by atoms with Gasteiger partial charge in [-0.05, 0) is 18.3 Å². The molecule has 4 heteroatoms. The Kier molecular flexibility index (Phi) is 4.77. The van der Waals surface area contributed by atoms with Gasteiger partial charge < -0.3 is 9.64 Å². The molecular formula is C12H21NO3. The molecule has 0 aromatic carbocycles. The Balaban J connectivity index is 2.28. The van der Waals surface area contributed by atoms with E-state index in [1.165, 1.54) is 7.11 Å². The van der Waals surface area contributed by atoms with Crippen LogP contribution < -0.4 is 0 Å². The van der Waals surface area contributed by atoms with Crippen molar-refractivity contribution in [1.82, 2.24) is 4.90 Å². The number of amides is 1. The quantitative estimate of drug-likeness (QED) is 0.668. The number of hydrogen-bond donors (Lipinski definition) is 0. The third-order valence-corrected chi connectivity index (χ3v) is 3.22. The maximum atomic E-state index is 11.6. The molecule has 1 aliphatic rings. The molecular weight excluding hydrogens is 206 g/mol. The molecule has 1 rings (SSSR count). The number of esters is 1. The lowest BCUT2D eigenvalue weighted by Crippen LogP contribution is -2.27. The molecule has 1 atom stereocenters. The minimum Gasteiger partial charge on any atom is -0.469 e. The Morgan fingerprint density at radius 2 is 2.25 bits per heavy atom. The zero-order valence-corrected chi connectivity index (χ0v) is 10.4. The first-order valence-electron chi connectivity index (χ1n) is 5.89. The summed E-state index contributed by atoms with van der Waals surface area (Å²) in [5, 5.41) is 0. The van der Waals surface area contributed by atoms with Crippen LogP contribution in [-0.2, 0) is 14.3 Å². The molecule has 0 aliphatic carbocycles. The van der Waals surface area contributed by atoms with Crippen molar-refractivity contribution in [3.05, 3.63) is 0 Å². The molecule has 0 spiro atoms. The van der Waals surface area contributed by atoms with Gasteiger partial charge in [0.2, 0.25) is 5.91 Å². The Morgan fingerprint density at radius 3 is 2.75 bits per heavy atom. The smallest absolute Gasteiger partial charge is 0.305 e. The van der Waals surface area contributed by atoms with Gasteiger partial charge in [-0.2, -0.15) is 0 Å². The Labute approximate surface area is 96.9 Å². The highest BCUT2D eigenvalue weighted by Crippen LogP contribution is 2.24. The SMILES string of the molecule is COC(=O)CCCN1CC(C(C)C)CC1=O. The predicted molar refractivity (Wildman–Crippen MR) is 60.8 cm³/mol. The van der Waals surface area contributed by atoms with Crippen LogP contribution in [0.15, 0.2) is 0 Å². The number of carbonyl (C=O) groups is 2. The second kappa shape index (κ2) is 5.87. The summed E-state index contributed by atoms with van der Waals surface area (Å²) in [7, 11) is 1.39. The van der Waals surface area contributed by atoms with Crippen LogP contribution in [0.4, 0.5) is 0 Å². The first-order chi connectivity index (χ1) is 7.54. The highest BCUT2D eigenvalue weighted by molar-refractivity contribution is 5.78. The monoisotopic (exact) mass is 227 g/mol. The fourth-order valence-electron chi connectivity index (χ4n) is 1.98. The molecule has 1 saturated heterocycles. The third kappa shape index (κ3) is 3.51. The Morgan fingerprint density at radius 1 is 1.56 bits per heavy atom. The van der Waals surface area contributed by atoms with E-state index < -0.39 is 0 Å². The van der Waals surface area contributed by atoms with E-state index in [1.807, 2.05) is 4.90 Å². The molecule has 1 heterocycles. The highest BCUT2D eigenvalue weighted by Gasteiger charge is 2.30. The summed E-state index contributed by atoms with van der Waals surface area (Å²) < 4.78 is 4.56. The van der Waals surface area contributed by atoms with Gasteiger partial charge in [0.25, 0.3) is 0 Å². The molecule has 1 unspecified atom stereocenters. The molecule has 0 saturated carbocycles. The molecule has 0 aromatic heterocycles. The zero-order valence-electron chi connectivity index (χ0n) is 10.4. The summed E-state index contributed by atoms with van der Waals surface area (Å²) >= 11 is 0. The molecule has 0 N–H and O–H groups in total. The van der Waals surface area contributed by atoms with E-state index in [4.69, 9.17) is 0 Å². The maximum absolute atomic E-state index is 11.6. The molecule has 1 amide bonds. The van der Waals surface area contributed by atoms with Crippen molar-refractivity contribution in [2.24, 2.45) is 11.8 Å². The van der Waals surface area contributed by atoms with E-state index in [1.54, 1.807) is 0 Å². The van der Waals surface area contributed by atoms with Crippen molar-refractivity contribution < 1.29 is 14.3 Å². The van der Waals surface area contributed by atoms with E-state index in [9.17, 15) is 9.59 Å². The van der Waals surface area contributed by atoms with Gasteiger partial charge in [-0.25, -0.2) is 0 Å². The van der Waals surface area contributed by atoms with E-state index in [0.29, 0.717) is 37.6 Å².